The summed E-state index contributed by atoms with van der Waals surface area (Å²) in [5.74, 6) is 3.11. The molecule has 34 heavy (non-hydrogen) atoms. The van der Waals surface area contributed by atoms with Gasteiger partial charge in [-0.3, -0.25) is 0 Å². The summed E-state index contributed by atoms with van der Waals surface area (Å²) in [6, 6.07) is 2.44. The quantitative estimate of drug-likeness (QED) is 0.0810. The van der Waals surface area contributed by atoms with E-state index in [1.807, 2.05) is 34.1 Å². The molecule has 0 aliphatic carbocycles. The van der Waals surface area contributed by atoms with E-state index in [4.69, 9.17) is 39.8 Å². The fraction of sp³-hybridized carbons (Fsp3) is 1.00. The smallest absolute Gasteiger partial charge is 0.377 e. The Bertz CT molecular complexity index is 403. The van der Waals surface area contributed by atoms with Crippen LogP contribution < -0.4 is 0 Å². The normalized spacial score (nSPS) is 13.2. The maximum Gasteiger partial charge on any atom is 0.500 e. The van der Waals surface area contributed by atoms with E-state index < -0.39 is 26.4 Å². The predicted molar refractivity (Wildman–Crippen MR) is 153 cm³/mol. The van der Waals surface area contributed by atoms with Crippen LogP contribution in [0.3, 0.4) is 0 Å². The summed E-state index contributed by atoms with van der Waals surface area (Å²) in [6.45, 7) is 0. The van der Waals surface area contributed by atoms with E-state index in [2.05, 4.69) is 0 Å². The van der Waals surface area contributed by atoms with Gasteiger partial charge in [-0.05, 0) is 36.5 Å². The maximum absolute atomic E-state index is 5.55. The van der Waals surface area contributed by atoms with Crippen molar-refractivity contribution in [3.8, 4) is 0 Å². The highest BCUT2D eigenvalue weighted by atomic mass is 33.4. The lowest BCUT2D eigenvalue weighted by molar-refractivity contribution is 0.123. The van der Waals surface area contributed by atoms with Crippen LogP contribution >= 0.6 is 39.7 Å². The fourth-order valence-corrected chi connectivity index (χ4v) is 19.7. The molecule has 0 aromatic heterocycles. The molecule has 0 rings (SSSR count). The van der Waals surface area contributed by atoms with Gasteiger partial charge in [0.1, 0.15) is 0 Å². The van der Waals surface area contributed by atoms with Gasteiger partial charge in [0.05, 0.1) is 5.53 Å². The van der Waals surface area contributed by atoms with Crippen LogP contribution in [0, 0.1) is 0 Å². The molecule has 0 N–H and O–H groups in total. The van der Waals surface area contributed by atoms with Crippen molar-refractivity contribution in [1.29, 1.82) is 0 Å². The highest BCUT2D eigenvalue weighted by molar-refractivity contribution is 9.12. The molecule has 0 aromatic carbocycles. The molecule has 0 heterocycles. The van der Waals surface area contributed by atoms with Gasteiger partial charge in [-0.1, -0.05) is 0 Å². The Kier molecular flexibility index (Phi) is 21.8. The standard InChI is InChI=1S/C18H45O9PS3Si3/c1-19-32(20-2,21-3)16-10-13-29-28(30-14-11-17-33(22-4,23-5)24-6)31-15-12-18-34(25-7,26-8)27-9/h10-18H2,1-9H3. The molecule has 0 atom stereocenters. The molecule has 0 aliphatic heterocycles. The first-order valence-electron chi connectivity index (χ1n) is 11.0. The second-order valence-electron chi connectivity index (χ2n) is 6.92. The van der Waals surface area contributed by atoms with E-state index in [1.54, 1.807) is 64.0 Å². The monoisotopic (exact) mass is 616 g/mol. The van der Waals surface area contributed by atoms with Gasteiger partial charge in [0.25, 0.3) is 0 Å². The second-order valence-corrected chi connectivity index (χ2v) is 26.3. The van der Waals surface area contributed by atoms with Crippen LogP contribution in [0.2, 0.25) is 18.1 Å². The fourth-order valence-electron chi connectivity index (χ4n) is 3.06. The molecule has 0 spiro atoms. The lowest BCUT2D eigenvalue weighted by atomic mass is 10.6. The Hall–Kier alpha value is 1.77. The van der Waals surface area contributed by atoms with Gasteiger partial charge in [0.15, 0.2) is 0 Å². The number of hydrogen-bond donors (Lipinski definition) is 0. The predicted octanol–water partition coefficient (Wildman–Crippen LogP) is 5.22. The molecule has 0 amide bonds. The Morgan fingerprint density at radius 2 is 0.618 bits per heavy atom. The first kappa shape index (κ1) is 35.8. The van der Waals surface area contributed by atoms with Gasteiger partial charge >= 0.3 is 26.4 Å². The molecular formula is C18H45O9PS3Si3. The van der Waals surface area contributed by atoms with Gasteiger partial charge in [-0.2, -0.15) is 0 Å². The van der Waals surface area contributed by atoms with Gasteiger partial charge in [-0.25, -0.2) is 0 Å². The van der Waals surface area contributed by atoms with Gasteiger partial charge in [-0.15, -0.1) is 34.1 Å². The van der Waals surface area contributed by atoms with Crippen molar-refractivity contribution in [2.24, 2.45) is 0 Å². The topological polar surface area (TPSA) is 83.1 Å². The van der Waals surface area contributed by atoms with Crippen LogP contribution in [-0.4, -0.2) is 108 Å². The van der Waals surface area contributed by atoms with Crippen molar-refractivity contribution in [2.75, 3.05) is 81.2 Å². The molecule has 206 valence electrons. The van der Waals surface area contributed by atoms with Crippen molar-refractivity contribution in [3.05, 3.63) is 0 Å². The molecule has 0 unspecified atom stereocenters. The Morgan fingerprint density at radius 1 is 0.412 bits per heavy atom. The molecular weight excluding hydrogens is 572 g/mol. The molecule has 16 heteroatoms. The Labute approximate surface area is 223 Å². The van der Waals surface area contributed by atoms with E-state index in [1.165, 1.54) is 0 Å². The van der Waals surface area contributed by atoms with Crippen LogP contribution in [-0.2, 0) is 39.8 Å². The third kappa shape index (κ3) is 13.0. The molecule has 0 saturated heterocycles. The van der Waals surface area contributed by atoms with Crippen LogP contribution in [0.4, 0.5) is 0 Å². The van der Waals surface area contributed by atoms with Gasteiger partial charge < -0.3 is 39.8 Å². The van der Waals surface area contributed by atoms with Crippen molar-refractivity contribution >= 4 is 66.1 Å². The molecule has 0 radical (unpaired) electrons. The summed E-state index contributed by atoms with van der Waals surface area (Å²) < 4.78 is 49.9. The first-order valence-corrected chi connectivity index (χ1v) is 22.9. The minimum absolute atomic E-state index is 0.312. The minimum atomic E-state index is -2.51. The molecule has 0 saturated carbocycles. The molecule has 0 fully saturated rings. The molecule has 0 aromatic rings. The van der Waals surface area contributed by atoms with Crippen LogP contribution in [0.15, 0.2) is 0 Å². The summed E-state index contributed by atoms with van der Waals surface area (Å²) >= 11 is 6.08. The van der Waals surface area contributed by atoms with Gasteiger partial charge in [0.2, 0.25) is 0 Å². The van der Waals surface area contributed by atoms with Crippen molar-refractivity contribution in [3.63, 3.8) is 0 Å². The van der Waals surface area contributed by atoms with Crippen LogP contribution in [0.1, 0.15) is 19.3 Å². The summed E-state index contributed by atoms with van der Waals surface area (Å²) in [6.07, 6.45) is 2.98. The van der Waals surface area contributed by atoms with E-state index >= 15 is 0 Å². The zero-order valence-electron chi connectivity index (χ0n) is 22.2. The molecule has 0 bridgehead atoms. The first-order chi connectivity index (χ1) is 16.3. The summed E-state index contributed by atoms with van der Waals surface area (Å²) in [5, 5.41) is 0. The number of hydrogen-bond acceptors (Lipinski definition) is 12. The lowest BCUT2D eigenvalue weighted by Crippen LogP contribution is -2.42. The summed E-state index contributed by atoms with van der Waals surface area (Å²) in [4.78, 5) is 0. The Balaban J connectivity index is 4.73. The van der Waals surface area contributed by atoms with E-state index in [0.29, 0.717) is 0 Å². The van der Waals surface area contributed by atoms with E-state index in [-0.39, 0.29) is 5.53 Å². The van der Waals surface area contributed by atoms with Crippen molar-refractivity contribution in [2.45, 2.75) is 37.4 Å². The third-order valence-corrected chi connectivity index (χ3v) is 25.0. The molecule has 9 nitrogen and oxygen atoms in total. The zero-order chi connectivity index (χ0) is 25.9. The highest BCUT2D eigenvalue weighted by Gasteiger charge is 2.38. The zero-order valence-corrected chi connectivity index (χ0v) is 28.6. The number of rotatable bonds is 24. The second kappa shape index (κ2) is 20.7. The third-order valence-electron chi connectivity index (χ3n) is 5.27. The van der Waals surface area contributed by atoms with E-state index in [9.17, 15) is 0 Å². The minimum Gasteiger partial charge on any atom is -0.377 e. The van der Waals surface area contributed by atoms with Gasteiger partial charge in [0, 0.05) is 82.1 Å². The van der Waals surface area contributed by atoms with Crippen LogP contribution in [0.25, 0.3) is 0 Å². The highest BCUT2D eigenvalue weighted by Crippen LogP contribution is 2.70. The SMILES string of the molecule is CO[Si](CCCSP(SCCC[Si](OC)(OC)OC)SCCC[Si](OC)(OC)OC)(OC)OC. The Morgan fingerprint density at radius 3 is 0.794 bits per heavy atom. The van der Waals surface area contributed by atoms with E-state index in [0.717, 1.165) is 54.7 Å². The molecule has 0 aliphatic rings. The maximum atomic E-state index is 5.55. The average Bonchev–Trinajstić information content (AvgIpc) is 2.89. The summed E-state index contributed by atoms with van der Waals surface area (Å²) in [7, 11) is 7.44. The van der Waals surface area contributed by atoms with Crippen molar-refractivity contribution in [1.82, 2.24) is 0 Å². The largest absolute Gasteiger partial charge is 0.500 e. The average molecular weight is 617 g/mol. The summed E-state index contributed by atoms with van der Waals surface area (Å²) in [5.41, 5.74) is -0.312. The lowest BCUT2D eigenvalue weighted by Gasteiger charge is -2.25. The van der Waals surface area contributed by atoms with Crippen molar-refractivity contribution < 1.29 is 39.8 Å². The van der Waals surface area contributed by atoms with Crippen LogP contribution in [0.5, 0.6) is 0 Å².